The van der Waals surface area contributed by atoms with E-state index in [0.717, 1.165) is 12.1 Å². The zero-order valence-corrected chi connectivity index (χ0v) is 29.8. The number of benzene rings is 3. The number of carbonyl (C=O) groups is 3. The van der Waals surface area contributed by atoms with Gasteiger partial charge in [0.25, 0.3) is 5.69 Å². The number of esters is 1. The van der Waals surface area contributed by atoms with Crippen molar-refractivity contribution in [1.82, 2.24) is 9.80 Å². The van der Waals surface area contributed by atoms with Crippen LogP contribution in [-0.4, -0.2) is 87.9 Å². The Hall–Kier alpha value is -5.17. The van der Waals surface area contributed by atoms with Crippen molar-refractivity contribution in [1.29, 1.82) is 0 Å². The molecule has 2 saturated heterocycles. The molecule has 3 heterocycles. The molecule has 0 spiro atoms. The van der Waals surface area contributed by atoms with Gasteiger partial charge in [-0.25, -0.2) is 4.79 Å². The van der Waals surface area contributed by atoms with Crippen LogP contribution in [0.25, 0.3) is 0 Å². The van der Waals surface area contributed by atoms with Gasteiger partial charge in [-0.1, -0.05) is 36.4 Å². The molecule has 0 aromatic heterocycles. The molecule has 1 N–H and O–H groups in total. The summed E-state index contributed by atoms with van der Waals surface area (Å²) in [5.41, 5.74) is -0.0136. The highest BCUT2D eigenvalue weighted by molar-refractivity contribution is 8.07. The van der Waals surface area contributed by atoms with Crippen LogP contribution in [0.1, 0.15) is 41.3 Å². The summed E-state index contributed by atoms with van der Waals surface area (Å²) in [4.78, 5) is 76.2. The molecule has 3 aliphatic heterocycles. The fourth-order valence-electron chi connectivity index (χ4n) is 6.85. The van der Waals surface area contributed by atoms with Crippen molar-refractivity contribution in [3.05, 3.63) is 131 Å². The van der Waals surface area contributed by atoms with Gasteiger partial charge < -0.3 is 9.84 Å². The van der Waals surface area contributed by atoms with Crippen LogP contribution >= 0.6 is 23.5 Å². The van der Waals surface area contributed by atoms with E-state index in [2.05, 4.69) is 0 Å². The minimum atomic E-state index is -1.09. The van der Waals surface area contributed by atoms with E-state index in [1.807, 2.05) is 4.90 Å². The van der Waals surface area contributed by atoms with Crippen molar-refractivity contribution in [3.8, 4) is 0 Å². The summed E-state index contributed by atoms with van der Waals surface area (Å²) >= 11 is 2.67. The highest BCUT2D eigenvalue weighted by atomic mass is 32.2. The van der Waals surface area contributed by atoms with Gasteiger partial charge >= 0.3 is 17.3 Å². The topological polar surface area (TPSA) is 217 Å². The molecule has 3 aromatic rings. The third kappa shape index (κ3) is 7.66. The Morgan fingerprint density at radius 2 is 1.66 bits per heavy atom. The second-order valence-corrected chi connectivity index (χ2v) is 15.5. The van der Waals surface area contributed by atoms with E-state index in [1.54, 1.807) is 42.7 Å². The minimum Gasteiger partial charge on any atom is -0.456 e. The van der Waals surface area contributed by atoms with E-state index >= 15 is 0 Å². The summed E-state index contributed by atoms with van der Waals surface area (Å²) in [6, 6.07) is 17.0. The molecule has 0 bridgehead atoms. The molecule has 1 unspecified atom stereocenters. The van der Waals surface area contributed by atoms with E-state index in [4.69, 9.17) is 4.74 Å². The van der Waals surface area contributed by atoms with E-state index < -0.39 is 54.4 Å². The number of carbonyl (C=O) groups excluding carboxylic acids is 3. The Morgan fingerprint density at radius 3 is 2.30 bits per heavy atom. The van der Waals surface area contributed by atoms with Gasteiger partial charge in [-0.05, 0) is 49.4 Å². The van der Waals surface area contributed by atoms with Gasteiger partial charge in [-0.3, -0.25) is 49.7 Å². The fourth-order valence-corrected chi connectivity index (χ4v) is 10.2. The summed E-state index contributed by atoms with van der Waals surface area (Å²) in [7, 11) is 0. The Kier molecular flexibility index (Phi) is 10.9. The van der Waals surface area contributed by atoms with Gasteiger partial charge in [-0.2, -0.15) is 0 Å². The Balaban J connectivity index is 1.17. The third-order valence-corrected chi connectivity index (χ3v) is 12.4. The molecule has 0 aliphatic carbocycles. The molecular formula is C35H33N5O11S2. The van der Waals surface area contributed by atoms with Crippen LogP contribution in [0, 0.1) is 30.3 Å². The van der Waals surface area contributed by atoms with Crippen molar-refractivity contribution < 1.29 is 39.0 Å². The molecule has 276 valence electrons. The number of likely N-dealkylation sites (tertiary alicyclic amines) is 1. The summed E-state index contributed by atoms with van der Waals surface area (Å²) in [5.74, 6) is -1.32. The Morgan fingerprint density at radius 1 is 0.981 bits per heavy atom. The van der Waals surface area contributed by atoms with Gasteiger partial charge in [0.1, 0.15) is 22.4 Å². The smallest absolute Gasteiger partial charge is 0.355 e. The maximum absolute atomic E-state index is 14.0. The summed E-state index contributed by atoms with van der Waals surface area (Å²) < 4.78 is 4.34. The SMILES string of the molecule is CC(O)C[C@@]1(S[C@H]2CCN([C@@H](Cc3ccc([N+](=O)[O-])c([N+](=O)[O-])c3)C(=O)c3ccccc3)C2)C(=O)N2C(C(=O)OCc3ccc([N+](=O)[O-])cc3)=CS[C@@H]21. The monoisotopic (exact) mass is 763 g/mol. The van der Waals surface area contributed by atoms with Gasteiger partial charge in [0.2, 0.25) is 5.91 Å². The van der Waals surface area contributed by atoms with E-state index in [0.29, 0.717) is 36.2 Å². The summed E-state index contributed by atoms with van der Waals surface area (Å²) in [6.07, 6.45) is -0.120. The first-order valence-corrected chi connectivity index (χ1v) is 18.3. The molecule has 6 rings (SSSR count). The van der Waals surface area contributed by atoms with Crippen molar-refractivity contribution in [2.75, 3.05) is 13.1 Å². The maximum Gasteiger partial charge on any atom is 0.355 e. The highest BCUT2D eigenvalue weighted by Crippen LogP contribution is 2.57. The lowest BCUT2D eigenvalue weighted by atomic mass is 9.90. The molecule has 53 heavy (non-hydrogen) atoms. The van der Waals surface area contributed by atoms with Crippen LogP contribution in [0.5, 0.6) is 0 Å². The van der Waals surface area contributed by atoms with Crippen molar-refractivity contribution in [3.63, 3.8) is 0 Å². The third-order valence-electron chi connectivity index (χ3n) is 9.32. The van der Waals surface area contributed by atoms with Gasteiger partial charge in [0, 0.05) is 53.6 Å². The molecule has 2 fully saturated rings. The van der Waals surface area contributed by atoms with Crippen LogP contribution in [0.3, 0.4) is 0 Å². The summed E-state index contributed by atoms with van der Waals surface area (Å²) in [6.45, 7) is 2.25. The standard InChI is InChI=1S/C35H33N5O11S2/c1-21(41)17-35(33(44)37-30(20-52-34(35)37)32(43)51-19-22-7-10-25(11-8-22)38(45)46)53-26-13-14-36(18-26)29(31(42)24-5-3-2-4-6-24)16-23-9-12-27(39(47)48)28(15-23)40(49)50/h2-12,15,20-21,26,29,34,41H,13-14,16-19H2,1H3/t21?,26-,29-,34+,35+/m0/s1. The first-order chi connectivity index (χ1) is 25.3. The Bertz CT molecular complexity index is 2000. The quantitative estimate of drug-likeness (QED) is 0.0707. The minimum absolute atomic E-state index is 0.0449. The number of rotatable bonds is 15. The molecule has 3 aromatic carbocycles. The molecule has 0 saturated carbocycles. The number of nitrogens with zero attached hydrogens (tertiary/aromatic N) is 5. The first-order valence-electron chi connectivity index (χ1n) is 16.5. The van der Waals surface area contributed by atoms with Crippen LogP contribution in [0.15, 0.2) is 83.9 Å². The predicted octanol–water partition coefficient (Wildman–Crippen LogP) is 5.02. The van der Waals surface area contributed by atoms with Gasteiger partial charge in [-0.15, -0.1) is 23.5 Å². The number of β-lactam (4-membered cyclic amide) rings is 1. The van der Waals surface area contributed by atoms with Crippen LogP contribution in [0.2, 0.25) is 0 Å². The number of aliphatic hydroxyl groups is 1. The number of nitro benzene ring substituents is 3. The van der Waals surface area contributed by atoms with E-state index in [-0.39, 0.29) is 47.8 Å². The molecule has 16 nitrogen and oxygen atoms in total. The predicted molar refractivity (Wildman–Crippen MR) is 194 cm³/mol. The lowest BCUT2D eigenvalue weighted by molar-refractivity contribution is -0.422. The number of non-ortho nitro benzene ring substituents is 1. The second kappa shape index (κ2) is 15.4. The molecular weight excluding hydrogens is 731 g/mol. The average Bonchev–Trinajstić information content (AvgIpc) is 3.78. The van der Waals surface area contributed by atoms with Crippen molar-refractivity contribution >= 4 is 58.2 Å². The van der Waals surface area contributed by atoms with Crippen LogP contribution < -0.4 is 0 Å². The van der Waals surface area contributed by atoms with Crippen molar-refractivity contribution in [2.45, 2.75) is 60.3 Å². The van der Waals surface area contributed by atoms with Crippen molar-refractivity contribution in [2.24, 2.45) is 0 Å². The van der Waals surface area contributed by atoms with E-state index in [9.17, 15) is 49.8 Å². The molecule has 1 amide bonds. The molecule has 0 radical (unpaired) electrons. The molecule has 18 heteroatoms. The largest absolute Gasteiger partial charge is 0.456 e. The number of ketones is 1. The number of aliphatic hydroxyl groups excluding tert-OH is 1. The number of hydrogen-bond donors (Lipinski definition) is 1. The lowest BCUT2D eigenvalue weighted by Crippen LogP contribution is -2.70. The second-order valence-electron chi connectivity index (χ2n) is 12.9. The zero-order valence-electron chi connectivity index (χ0n) is 28.1. The number of Topliss-reactive ketones (excluding diaryl/α,β-unsaturated/α-hetero) is 1. The van der Waals surface area contributed by atoms with Crippen LogP contribution in [-0.2, 0) is 27.4 Å². The first kappa shape index (κ1) is 37.6. The highest BCUT2D eigenvalue weighted by Gasteiger charge is 2.66. The van der Waals surface area contributed by atoms with E-state index in [1.165, 1.54) is 58.8 Å². The lowest BCUT2D eigenvalue weighted by Gasteiger charge is -2.53. The normalized spacial score (nSPS) is 22.0. The molecule has 5 atom stereocenters. The number of thioether (sulfide) groups is 2. The number of fused-ring (bicyclic) bond motifs is 1. The fraction of sp³-hybridized carbons (Fsp3) is 0.343. The average molecular weight is 764 g/mol. The number of amides is 1. The number of ether oxygens (including phenoxy) is 1. The zero-order chi connectivity index (χ0) is 38.0. The number of hydrogen-bond acceptors (Lipinski definition) is 14. The Labute approximate surface area is 310 Å². The number of nitro groups is 3. The van der Waals surface area contributed by atoms with Crippen LogP contribution in [0.4, 0.5) is 17.1 Å². The molecule has 3 aliphatic rings. The summed E-state index contributed by atoms with van der Waals surface area (Å²) in [5, 5.41) is 45.4. The maximum atomic E-state index is 14.0. The van der Waals surface area contributed by atoms with Gasteiger partial charge in [0.15, 0.2) is 5.78 Å². The van der Waals surface area contributed by atoms with Gasteiger partial charge in [0.05, 0.1) is 26.9 Å².